The van der Waals surface area contributed by atoms with Crippen molar-refractivity contribution < 1.29 is 0 Å². The van der Waals surface area contributed by atoms with Gasteiger partial charge in [0.2, 0.25) is 0 Å². The fraction of sp³-hybridized carbons (Fsp3) is 0. The van der Waals surface area contributed by atoms with Gasteiger partial charge in [-0.3, -0.25) is 0 Å². The Labute approximate surface area is 823 Å². The Morgan fingerprint density at radius 2 is 0.406 bits per heavy atom. The van der Waals surface area contributed by atoms with E-state index in [2.05, 4.69) is 414 Å². The van der Waals surface area contributed by atoms with Crippen molar-refractivity contribution in [2.75, 3.05) is 0 Å². The van der Waals surface area contributed by atoms with Crippen LogP contribution in [0.2, 0.25) is 0 Å². The zero-order chi connectivity index (χ0) is 94.6. The summed E-state index contributed by atoms with van der Waals surface area (Å²) in [4.78, 5) is 45.2. The maximum absolute atomic E-state index is 5.18. The van der Waals surface area contributed by atoms with Crippen LogP contribution in [0, 0.1) is 0 Å². The van der Waals surface area contributed by atoms with Gasteiger partial charge in [0.05, 0.1) is 44.5 Å². The van der Waals surface area contributed by atoms with Gasteiger partial charge in [-0.25, -0.2) is 44.9 Å². The predicted molar refractivity (Wildman–Crippen MR) is 590 cm³/mol. The molecule has 28 rings (SSSR count). The average molecular weight is 1830 g/mol. The molecule has 0 aliphatic heterocycles. The summed E-state index contributed by atoms with van der Waals surface area (Å²) in [5.74, 6) is 5.81. The number of fused-ring (bicyclic) bond motifs is 15. The van der Waals surface area contributed by atoms with Gasteiger partial charge in [0.25, 0.3) is 0 Å². The fourth-order valence-electron chi connectivity index (χ4n) is 20.5. The van der Waals surface area contributed by atoms with Gasteiger partial charge in [0, 0.05) is 98.8 Å². The molecular weight excluding hydrogens is 1740 g/mol. The molecule has 143 heavy (non-hydrogen) atoms. The number of hydrogen-bond acceptors (Lipinski definition) is 9. The second kappa shape index (κ2) is 36.2. The van der Waals surface area contributed by atoms with Gasteiger partial charge in [-0.2, -0.15) is 0 Å². The number of benzene rings is 22. The molecule has 0 amide bonds. The Hall–Kier alpha value is -19.4. The molecule has 12 heteroatoms. The van der Waals surface area contributed by atoms with Crippen LogP contribution >= 0.6 is 0 Å². The fourth-order valence-corrected chi connectivity index (χ4v) is 20.5. The number of rotatable bonds is 14. The Balaban J connectivity index is 0.000000110. The average Bonchev–Trinajstić information content (AvgIpc) is 1.61. The number of hydrogen-bond donors (Lipinski definition) is 0. The quantitative estimate of drug-likeness (QED) is 0.104. The van der Waals surface area contributed by atoms with Crippen molar-refractivity contribution in [3.63, 3.8) is 0 Å². The molecule has 28 aromatic rings. The molecule has 0 aliphatic rings. The second-order valence-corrected chi connectivity index (χ2v) is 35.8. The molecule has 6 aromatic heterocycles. The maximum atomic E-state index is 5.18. The summed E-state index contributed by atoms with van der Waals surface area (Å²) in [5.41, 5.74) is 23.5. The van der Waals surface area contributed by atoms with E-state index in [1.807, 2.05) is 109 Å². The lowest BCUT2D eigenvalue weighted by Crippen LogP contribution is -2.02. The smallest absolute Gasteiger partial charge is 0.164 e. The van der Waals surface area contributed by atoms with E-state index in [9.17, 15) is 0 Å². The third-order valence-electron chi connectivity index (χ3n) is 27.3. The highest BCUT2D eigenvalue weighted by Crippen LogP contribution is 2.45. The lowest BCUT2D eigenvalue weighted by molar-refractivity contribution is 1.07. The summed E-state index contributed by atoms with van der Waals surface area (Å²) in [7, 11) is 0. The minimum atomic E-state index is 0.638. The summed E-state index contributed by atoms with van der Waals surface area (Å²) in [5, 5.41) is 19.3. The van der Waals surface area contributed by atoms with Gasteiger partial charge >= 0.3 is 0 Å². The number of aromatic nitrogens is 12. The Morgan fingerprint density at radius 1 is 0.126 bits per heavy atom. The van der Waals surface area contributed by atoms with Crippen molar-refractivity contribution in [2.45, 2.75) is 0 Å². The predicted octanol–water partition coefficient (Wildman–Crippen LogP) is 33.0. The third-order valence-corrected chi connectivity index (χ3v) is 27.3. The zero-order valence-electron chi connectivity index (χ0n) is 77.4. The maximum Gasteiger partial charge on any atom is 0.164 e. The summed E-state index contributed by atoms with van der Waals surface area (Å²) < 4.78 is 7.16. The molecule has 0 spiro atoms. The molecule has 0 radical (unpaired) electrons. The summed E-state index contributed by atoms with van der Waals surface area (Å²) in [6, 6.07) is 178. The highest BCUT2D eigenvalue weighted by molar-refractivity contribution is 6.22. The van der Waals surface area contributed by atoms with Crippen LogP contribution in [0.15, 0.2) is 510 Å². The van der Waals surface area contributed by atoms with Crippen LogP contribution in [0.1, 0.15) is 0 Å². The molecule has 0 saturated carbocycles. The summed E-state index contributed by atoms with van der Waals surface area (Å²) in [6.07, 6.45) is 0. The molecule has 668 valence electrons. The van der Waals surface area contributed by atoms with Crippen LogP contribution in [0.3, 0.4) is 0 Å². The van der Waals surface area contributed by atoms with E-state index in [0.29, 0.717) is 52.4 Å². The summed E-state index contributed by atoms with van der Waals surface area (Å²) >= 11 is 0. The van der Waals surface area contributed by atoms with Gasteiger partial charge < -0.3 is 13.7 Å². The van der Waals surface area contributed by atoms with E-state index in [1.54, 1.807) is 0 Å². The first-order valence-corrected chi connectivity index (χ1v) is 48.1. The zero-order valence-corrected chi connectivity index (χ0v) is 77.4. The van der Waals surface area contributed by atoms with E-state index >= 15 is 0 Å². The highest BCUT2D eigenvalue weighted by Gasteiger charge is 2.25. The molecule has 22 aromatic carbocycles. The van der Waals surface area contributed by atoms with Gasteiger partial charge in [0.15, 0.2) is 52.4 Å². The molecular formula is C131H84N12. The molecule has 0 aliphatic carbocycles. The minimum absolute atomic E-state index is 0.638. The Bertz CT molecular complexity index is 9700. The molecule has 0 bridgehead atoms. The molecule has 12 nitrogen and oxygen atoms in total. The SMILES string of the molecule is c1ccc(-c2ccc(-c3nc(-c4ccccc4)nc(-c4ccc(-n5c6ccccc6c6cc7ccccc7cc65)c5ccccc45)n3)cc2)cc1.c1ccc(-c2cccc(-c3nc(-c4ccccc4)nc(-c4ccc(-n5c6ccccc6c6cc7ccccc7cc65)c5ccccc45)n3)c2)cc1.c1ccc(-c2nc(-c3ccccc3)nc(-c3ccc(-n4c5ccccc5c5c6ccccc6ccc54)cc3)n2)cc1. The topological polar surface area (TPSA) is 131 Å². The van der Waals surface area contributed by atoms with Crippen LogP contribution < -0.4 is 0 Å². The second-order valence-electron chi connectivity index (χ2n) is 35.8. The van der Waals surface area contributed by atoms with Crippen LogP contribution in [0.4, 0.5) is 0 Å². The number of nitrogens with zero attached hydrogens (tertiary/aromatic N) is 12. The number of para-hydroxylation sites is 3. The van der Waals surface area contributed by atoms with Gasteiger partial charge in [-0.05, 0) is 168 Å². The summed E-state index contributed by atoms with van der Waals surface area (Å²) in [6.45, 7) is 0. The van der Waals surface area contributed by atoms with Crippen molar-refractivity contribution in [3.8, 4) is 142 Å². The standard InChI is InChI=1S/2C47H30N4.C37H24N4/c1-3-14-31(15-4-1)33-20-13-21-36(28-33)46-48-45(32-16-5-2-6-17-32)49-47(50-46)40-26-27-43(38-23-10-9-22-37(38)40)51-42-25-12-11-24-39(42)41-29-34-18-7-8-19-35(34)30-44(41)51;1-3-13-31(14-4-1)32-23-25-34(26-24-32)46-48-45(33-15-5-2-6-16-33)49-47(50-46)40-27-28-43(38-20-10-9-19-37(38)40)51-42-22-12-11-21-39(42)41-29-35-17-7-8-18-36(35)30-44(41)51;1-3-12-26(13-4-1)35-38-36(27-14-5-2-6-15-27)40-37(39-35)28-19-22-29(23-20-28)41-32-18-10-9-17-31(32)34-30-16-8-7-11-25(30)21-24-33(34)41/h2*1-30H;1-24H. The molecule has 0 fully saturated rings. The molecule has 0 N–H and O–H groups in total. The van der Waals surface area contributed by atoms with Crippen molar-refractivity contribution in [2.24, 2.45) is 0 Å². The van der Waals surface area contributed by atoms with Crippen LogP contribution in [0.25, 0.3) is 261 Å². The van der Waals surface area contributed by atoms with Gasteiger partial charge in [-0.15, -0.1) is 0 Å². The first-order chi connectivity index (χ1) is 70.9. The molecule has 0 unspecified atom stereocenters. The van der Waals surface area contributed by atoms with E-state index in [0.717, 1.165) is 105 Å². The van der Waals surface area contributed by atoms with Gasteiger partial charge in [0.1, 0.15) is 0 Å². The van der Waals surface area contributed by atoms with Crippen molar-refractivity contribution in [1.29, 1.82) is 0 Å². The molecule has 6 heterocycles. The molecule has 0 saturated heterocycles. The largest absolute Gasteiger partial charge is 0.309 e. The van der Waals surface area contributed by atoms with Crippen molar-refractivity contribution >= 4 is 119 Å². The molecule has 0 atom stereocenters. The van der Waals surface area contributed by atoms with E-state index in [-0.39, 0.29) is 0 Å². The van der Waals surface area contributed by atoms with Crippen molar-refractivity contribution in [3.05, 3.63) is 510 Å². The van der Waals surface area contributed by atoms with Crippen LogP contribution in [0.5, 0.6) is 0 Å². The monoisotopic (exact) mass is 1820 g/mol. The van der Waals surface area contributed by atoms with Crippen molar-refractivity contribution in [1.82, 2.24) is 58.6 Å². The highest BCUT2D eigenvalue weighted by atomic mass is 15.1. The first kappa shape index (κ1) is 84.1. The van der Waals surface area contributed by atoms with Gasteiger partial charge in [-0.1, -0.05) is 406 Å². The normalized spacial score (nSPS) is 11.5. The lowest BCUT2D eigenvalue weighted by Gasteiger charge is -2.15. The van der Waals surface area contributed by atoms with E-state index < -0.39 is 0 Å². The lowest BCUT2D eigenvalue weighted by atomic mass is 10.0. The third kappa shape index (κ3) is 15.6. The van der Waals surface area contributed by atoms with Crippen LogP contribution in [-0.2, 0) is 0 Å². The first-order valence-electron chi connectivity index (χ1n) is 48.1. The van der Waals surface area contributed by atoms with E-state index in [4.69, 9.17) is 44.9 Å². The minimum Gasteiger partial charge on any atom is -0.309 e. The Kier molecular flexibility index (Phi) is 21.3. The van der Waals surface area contributed by atoms with Crippen LogP contribution in [-0.4, -0.2) is 58.6 Å². The Morgan fingerprint density at radius 3 is 0.825 bits per heavy atom. The van der Waals surface area contributed by atoms with E-state index in [1.165, 1.54) is 103 Å².